The van der Waals surface area contributed by atoms with Crippen LogP contribution >= 0.6 is 0 Å². The van der Waals surface area contributed by atoms with Crippen molar-refractivity contribution in [3.05, 3.63) is 77.3 Å². The number of aryl methyl sites for hydroxylation is 2. The summed E-state index contributed by atoms with van der Waals surface area (Å²) in [6.07, 6.45) is -3.06. The molecule has 0 aliphatic carbocycles. The van der Waals surface area contributed by atoms with Gasteiger partial charge in [0.2, 0.25) is 17.7 Å². The molecule has 38 heavy (non-hydrogen) atoms. The van der Waals surface area contributed by atoms with Crippen molar-refractivity contribution in [2.45, 2.75) is 20.0 Å². The number of anilines is 2. The lowest BCUT2D eigenvalue weighted by Gasteiger charge is -2.15. The Morgan fingerprint density at radius 1 is 1.05 bits per heavy atom. The number of nitrogen functional groups attached to an aromatic ring is 1. The second kappa shape index (κ2) is 9.14. The molecule has 0 aliphatic heterocycles. The third-order valence-corrected chi connectivity index (χ3v) is 5.85. The predicted molar refractivity (Wildman–Crippen MR) is 133 cm³/mol. The molecule has 3 aromatic carbocycles. The molecule has 0 bridgehead atoms. The van der Waals surface area contributed by atoms with Crippen molar-refractivity contribution in [1.82, 2.24) is 20.1 Å². The monoisotopic (exact) mass is 520 g/mol. The lowest BCUT2D eigenvalue weighted by molar-refractivity contribution is -0.137. The van der Waals surface area contributed by atoms with Gasteiger partial charge >= 0.3 is 6.18 Å². The van der Waals surface area contributed by atoms with Crippen LogP contribution in [0.15, 0.2) is 59.3 Å². The van der Waals surface area contributed by atoms with Gasteiger partial charge in [-0.15, -0.1) is 0 Å². The van der Waals surface area contributed by atoms with E-state index in [4.69, 9.17) is 10.3 Å². The Labute approximate surface area is 213 Å². The van der Waals surface area contributed by atoms with Gasteiger partial charge in [-0.3, -0.25) is 4.79 Å². The zero-order chi connectivity index (χ0) is 27.2. The number of hydrogen-bond acceptors (Lipinski definition) is 8. The number of amides is 1. The van der Waals surface area contributed by atoms with Crippen LogP contribution in [-0.4, -0.2) is 31.1 Å². The molecular weight excluding hydrogens is 501 g/mol. The molecule has 0 radical (unpaired) electrons. The van der Waals surface area contributed by atoms with E-state index in [0.717, 1.165) is 12.1 Å². The molecule has 0 saturated heterocycles. The molecule has 0 atom stereocenters. The molecule has 4 N–H and O–H groups in total. The molecule has 5 rings (SSSR count). The fourth-order valence-corrected chi connectivity index (χ4v) is 4.03. The number of nitrogens with zero attached hydrogens (tertiary/aromatic N) is 4. The average Bonchev–Trinajstić information content (AvgIpc) is 3.29. The highest BCUT2D eigenvalue weighted by Crippen LogP contribution is 2.43. The lowest BCUT2D eigenvalue weighted by atomic mass is 9.93. The van der Waals surface area contributed by atoms with Crippen molar-refractivity contribution in [2.75, 3.05) is 11.1 Å². The second-order valence-electron chi connectivity index (χ2n) is 8.51. The van der Waals surface area contributed by atoms with Crippen LogP contribution in [0, 0.1) is 13.8 Å². The van der Waals surface area contributed by atoms with Crippen molar-refractivity contribution in [3.8, 4) is 28.3 Å². The lowest BCUT2D eigenvalue weighted by Crippen LogP contribution is -2.13. The van der Waals surface area contributed by atoms with E-state index < -0.39 is 17.6 Å². The quantitative estimate of drug-likeness (QED) is 0.281. The van der Waals surface area contributed by atoms with Crippen LogP contribution in [0.5, 0.6) is 5.75 Å². The first-order valence-electron chi connectivity index (χ1n) is 11.2. The molecule has 5 aromatic rings. The number of benzene rings is 3. The number of phenolic OH excluding ortho intramolecular Hbond substituents is 1. The molecule has 2 aromatic heterocycles. The fraction of sp³-hybridized carbons (Fsp3) is 0.115. The molecule has 0 aliphatic rings. The summed E-state index contributed by atoms with van der Waals surface area (Å²) in [5, 5.41) is 18.3. The minimum Gasteiger partial charge on any atom is -0.506 e. The normalized spacial score (nSPS) is 11.6. The van der Waals surface area contributed by atoms with Crippen LogP contribution in [0.3, 0.4) is 0 Å². The summed E-state index contributed by atoms with van der Waals surface area (Å²) >= 11 is 0. The Balaban J connectivity index is 1.60. The highest BCUT2D eigenvalue weighted by atomic mass is 19.4. The number of alkyl halides is 3. The smallest absolute Gasteiger partial charge is 0.416 e. The van der Waals surface area contributed by atoms with Gasteiger partial charge in [-0.1, -0.05) is 17.3 Å². The van der Waals surface area contributed by atoms with E-state index in [2.05, 4.69) is 25.4 Å². The first-order chi connectivity index (χ1) is 18.0. The Morgan fingerprint density at radius 2 is 1.84 bits per heavy atom. The molecular formula is C26H19F3N6O3. The highest BCUT2D eigenvalue weighted by molar-refractivity contribution is 6.06. The maximum atomic E-state index is 13.1. The summed E-state index contributed by atoms with van der Waals surface area (Å²) in [7, 11) is 0. The van der Waals surface area contributed by atoms with Crippen LogP contribution in [0.2, 0.25) is 0 Å². The number of carbonyl (C=O) groups excluding carboxylic acids is 1. The van der Waals surface area contributed by atoms with Gasteiger partial charge in [-0.25, -0.2) is 9.97 Å². The fourth-order valence-electron chi connectivity index (χ4n) is 4.03. The molecule has 0 saturated carbocycles. The second-order valence-corrected chi connectivity index (χ2v) is 8.51. The zero-order valence-electron chi connectivity index (χ0n) is 20.0. The van der Waals surface area contributed by atoms with Crippen molar-refractivity contribution in [2.24, 2.45) is 0 Å². The number of halogens is 3. The Morgan fingerprint density at radius 3 is 2.55 bits per heavy atom. The Kier molecular flexibility index (Phi) is 5.94. The maximum Gasteiger partial charge on any atom is 0.416 e. The van der Waals surface area contributed by atoms with Gasteiger partial charge in [0.15, 0.2) is 0 Å². The van der Waals surface area contributed by atoms with Crippen molar-refractivity contribution in [3.63, 3.8) is 0 Å². The summed E-state index contributed by atoms with van der Waals surface area (Å²) in [6.45, 7) is 3.38. The van der Waals surface area contributed by atoms with E-state index in [0.29, 0.717) is 27.6 Å². The molecule has 9 nitrogen and oxygen atoms in total. The predicted octanol–water partition coefficient (Wildman–Crippen LogP) is 5.52. The number of phenols is 1. The minimum absolute atomic E-state index is 0.00926. The van der Waals surface area contributed by atoms with Crippen LogP contribution in [-0.2, 0) is 6.18 Å². The Bertz CT molecular complexity index is 1720. The number of nitrogens with two attached hydrogens (primary N) is 1. The van der Waals surface area contributed by atoms with Gasteiger partial charge in [0.25, 0.3) is 5.91 Å². The SMILES string of the molecule is Cc1nc(-c2c(O)c(-c3cc(C(=O)Nc4cccc(C(F)(F)F)c4)ccc3C)cc3cnc(N)nc23)no1. The van der Waals surface area contributed by atoms with Gasteiger partial charge in [-0.05, 0) is 54.4 Å². The highest BCUT2D eigenvalue weighted by Gasteiger charge is 2.30. The standard InChI is InChI=1S/C26H19F3N6O3/c1-12-6-7-14(24(37)33-17-5-3-4-16(10-17)26(27,28)29)8-18(12)19-9-15-11-31-25(30)34-21(15)20(22(19)36)23-32-13(2)38-35-23/h3-11,36H,1-2H3,(H,33,37)(H2,30,31,34). The first-order valence-corrected chi connectivity index (χ1v) is 11.2. The van der Waals surface area contributed by atoms with Crippen LogP contribution in [0.4, 0.5) is 24.8 Å². The molecule has 0 spiro atoms. The van der Waals surface area contributed by atoms with Gasteiger partial charge in [-0.2, -0.15) is 18.2 Å². The van der Waals surface area contributed by atoms with E-state index in [-0.39, 0.29) is 40.2 Å². The zero-order valence-corrected chi connectivity index (χ0v) is 20.0. The van der Waals surface area contributed by atoms with Gasteiger partial charge in [0.05, 0.1) is 16.6 Å². The number of aromatic hydroxyl groups is 1. The minimum atomic E-state index is -4.55. The third-order valence-electron chi connectivity index (χ3n) is 5.85. The van der Waals surface area contributed by atoms with Crippen LogP contribution in [0.25, 0.3) is 33.4 Å². The molecule has 2 heterocycles. The average molecular weight is 520 g/mol. The van der Waals surface area contributed by atoms with Crippen molar-refractivity contribution in [1.29, 1.82) is 0 Å². The van der Waals surface area contributed by atoms with E-state index in [1.807, 2.05) is 0 Å². The maximum absolute atomic E-state index is 13.1. The first kappa shape index (κ1) is 24.7. The molecule has 1 amide bonds. The van der Waals surface area contributed by atoms with Crippen LogP contribution < -0.4 is 11.1 Å². The number of rotatable bonds is 4. The largest absolute Gasteiger partial charge is 0.506 e. The molecule has 0 unspecified atom stereocenters. The molecule has 12 heteroatoms. The molecule has 0 fully saturated rings. The van der Waals surface area contributed by atoms with Gasteiger partial charge in [0.1, 0.15) is 5.75 Å². The number of hydrogen-bond donors (Lipinski definition) is 3. The van der Waals surface area contributed by atoms with Crippen LogP contribution in [0.1, 0.15) is 27.4 Å². The number of fused-ring (bicyclic) bond motifs is 1. The number of aromatic nitrogens is 4. The number of nitrogens with one attached hydrogen (secondary N) is 1. The summed E-state index contributed by atoms with van der Waals surface area (Å²) in [6, 6.07) is 10.7. The Hall–Kier alpha value is -5.00. The van der Waals surface area contributed by atoms with Crippen molar-refractivity contribution < 1.29 is 27.6 Å². The van der Waals surface area contributed by atoms with E-state index in [1.54, 1.807) is 26.0 Å². The van der Waals surface area contributed by atoms with Crippen molar-refractivity contribution >= 4 is 28.4 Å². The van der Waals surface area contributed by atoms with E-state index in [1.165, 1.54) is 30.5 Å². The molecule has 192 valence electrons. The number of carbonyl (C=O) groups is 1. The topological polar surface area (TPSA) is 140 Å². The summed E-state index contributed by atoms with van der Waals surface area (Å²) in [4.78, 5) is 25.5. The van der Waals surface area contributed by atoms with Gasteiger partial charge < -0.3 is 20.7 Å². The van der Waals surface area contributed by atoms with Gasteiger partial charge in [0, 0.05) is 35.3 Å². The summed E-state index contributed by atoms with van der Waals surface area (Å²) in [5.74, 6) is -0.521. The summed E-state index contributed by atoms with van der Waals surface area (Å²) in [5.41, 5.74) is 7.04. The van der Waals surface area contributed by atoms with E-state index >= 15 is 0 Å². The summed E-state index contributed by atoms with van der Waals surface area (Å²) < 4.78 is 44.3. The third kappa shape index (κ3) is 4.59. The van der Waals surface area contributed by atoms with E-state index in [9.17, 15) is 23.1 Å².